The molecule has 0 fully saturated rings. The van der Waals surface area contributed by atoms with Gasteiger partial charge in [-0.05, 0) is 83.5 Å². The van der Waals surface area contributed by atoms with E-state index < -0.39 is 26.5 Å². The normalized spacial score (nSPS) is 14.1. The quantitative estimate of drug-likeness (QED) is 0.0244. The van der Waals surface area contributed by atoms with Crippen LogP contribution in [0.3, 0.4) is 0 Å². The SMILES string of the molecule is CCCC/C=C\C/C=C\CCCCCCCC(=O)NCCOP(=O)(O)OCC(O)COC(=O)CCCCC/C=C\C/C=C\C/C=C\C/C=C\CCCCC. The number of amides is 1. The fourth-order valence-electron chi connectivity index (χ4n) is 5.14. The molecule has 310 valence electrons. The van der Waals surface area contributed by atoms with Gasteiger partial charge in [-0.25, -0.2) is 4.57 Å². The summed E-state index contributed by atoms with van der Waals surface area (Å²) in [6, 6.07) is 0. The zero-order valence-electron chi connectivity index (χ0n) is 33.9. The summed E-state index contributed by atoms with van der Waals surface area (Å²) in [7, 11) is -4.43. The number of carbonyl (C=O) groups is 2. The number of aliphatic hydroxyl groups excluding tert-OH is 1. The summed E-state index contributed by atoms with van der Waals surface area (Å²) in [5, 5.41) is 12.7. The molecule has 0 aromatic carbocycles. The van der Waals surface area contributed by atoms with E-state index in [1.165, 1.54) is 44.9 Å². The molecule has 10 heteroatoms. The fraction of sp³-hybridized carbons (Fsp3) is 0.682. The fourth-order valence-corrected chi connectivity index (χ4v) is 5.90. The van der Waals surface area contributed by atoms with Crippen LogP contribution in [-0.4, -0.2) is 54.3 Å². The van der Waals surface area contributed by atoms with Crippen molar-refractivity contribution >= 4 is 19.7 Å². The van der Waals surface area contributed by atoms with Crippen LogP contribution in [-0.2, 0) is 27.9 Å². The van der Waals surface area contributed by atoms with Crippen molar-refractivity contribution in [1.82, 2.24) is 5.32 Å². The Morgan fingerprint density at radius 2 is 1.02 bits per heavy atom. The molecule has 0 radical (unpaired) electrons. The monoisotopic (exact) mass is 778 g/mol. The molecule has 0 aliphatic rings. The van der Waals surface area contributed by atoms with E-state index in [9.17, 15) is 24.2 Å². The molecular weight excluding hydrogens is 701 g/mol. The summed E-state index contributed by atoms with van der Waals surface area (Å²) in [4.78, 5) is 33.8. The number of unbranched alkanes of at least 4 members (excludes halogenated alkanes) is 13. The van der Waals surface area contributed by atoms with Crippen molar-refractivity contribution < 1.29 is 37.9 Å². The third kappa shape index (κ3) is 40.6. The average Bonchev–Trinajstić information content (AvgIpc) is 3.16. The number of hydrogen-bond donors (Lipinski definition) is 3. The van der Waals surface area contributed by atoms with Crippen LogP contribution in [0, 0.1) is 0 Å². The van der Waals surface area contributed by atoms with Crippen molar-refractivity contribution in [3.63, 3.8) is 0 Å². The first kappa shape index (κ1) is 51.5. The van der Waals surface area contributed by atoms with E-state index in [0.717, 1.165) is 83.5 Å². The molecule has 0 aliphatic heterocycles. The van der Waals surface area contributed by atoms with Crippen molar-refractivity contribution in [2.45, 2.75) is 168 Å². The molecule has 1 amide bonds. The Morgan fingerprint density at radius 3 is 1.57 bits per heavy atom. The summed E-state index contributed by atoms with van der Waals surface area (Å²) in [5.41, 5.74) is 0. The van der Waals surface area contributed by atoms with E-state index in [2.05, 4.69) is 92.1 Å². The van der Waals surface area contributed by atoms with E-state index in [0.29, 0.717) is 12.8 Å². The van der Waals surface area contributed by atoms with Crippen molar-refractivity contribution in [3.8, 4) is 0 Å². The predicted octanol–water partition coefficient (Wildman–Crippen LogP) is 11.5. The maximum absolute atomic E-state index is 12.1. The number of phosphoric acid groups is 1. The second-order valence-corrected chi connectivity index (χ2v) is 15.1. The van der Waals surface area contributed by atoms with Gasteiger partial charge < -0.3 is 20.1 Å². The van der Waals surface area contributed by atoms with Gasteiger partial charge in [-0.15, -0.1) is 0 Å². The molecule has 0 heterocycles. The van der Waals surface area contributed by atoms with Crippen LogP contribution in [0.1, 0.15) is 162 Å². The molecule has 54 heavy (non-hydrogen) atoms. The maximum atomic E-state index is 12.1. The number of esters is 1. The van der Waals surface area contributed by atoms with E-state index in [1.807, 2.05) is 0 Å². The summed E-state index contributed by atoms with van der Waals surface area (Å²) < 4.78 is 26.8. The Kier molecular flexibility index (Phi) is 38.2. The summed E-state index contributed by atoms with van der Waals surface area (Å²) >= 11 is 0. The number of nitrogens with one attached hydrogen (secondary N) is 1. The number of carbonyl (C=O) groups excluding carboxylic acids is 2. The zero-order valence-corrected chi connectivity index (χ0v) is 34.8. The van der Waals surface area contributed by atoms with Crippen LogP contribution in [0.5, 0.6) is 0 Å². The van der Waals surface area contributed by atoms with Gasteiger partial charge >= 0.3 is 13.8 Å². The first-order valence-electron chi connectivity index (χ1n) is 20.9. The van der Waals surface area contributed by atoms with Gasteiger partial charge in [0.05, 0.1) is 13.2 Å². The van der Waals surface area contributed by atoms with Gasteiger partial charge in [0.2, 0.25) is 5.91 Å². The summed E-state index contributed by atoms with van der Waals surface area (Å²) in [6.45, 7) is 3.41. The number of phosphoric ester groups is 1. The van der Waals surface area contributed by atoms with Gasteiger partial charge in [0.25, 0.3) is 0 Å². The van der Waals surface area contributed by atoms with E-state index in [4.69, 9.17) is 13.8 Å². The Hall–Kier alpha value is -2.55. The van der Waals surface area contributed by atoms with Crippen LogP contribution >= 0.6 is 7.82 Å². The second kappa shape index (κ2) is 40.1. The first-order chi connectivity index (χ1) is 26.3. The third-order valence-electron chi connectivity index (χ3n) is 8.36. The molecule has 0 spiro atoms. The lowest BCUT2D eigenvalue weighted by molar-refractivity contribution is -0.147. The van der Waals surface area contributed by atoms with Crippen LogP contribution in [0.2, 0.25) is 0 Å². The Bertz CT molecular complexity index is 1110. The minimum absolute atomic E-state index is 0.0661. The number of aliphatic hydroxyl groups is 1. The Morgan fingerprint density at radius 1 is 0.574 bits per heavy atom. The number of hydrogen-bond acceptors (Lipinski definition) is 7. The number of rotatable bonds is 38. The van der Waals surface area contributed by atoms with E-state index in [-0.39, 0.29) is 32.1 Å². The van der Waals surface area contributed by atoms with Gasteiger partial charge in [-0.3, -0.25) is 18.6 Å². The Labute approximate surface area is 329 Å². The van der Waals surface area contributed by atoms with Gasteiger partial charge in [0.15, 0.2) is 0 Å². The lowest BCUT2D eigenvalue weighted by atomic mass is 10.1. The van der Waals surface area contributed by atoms with Gasteiger partial charge in [-0.2, -0.15) is 0 Å². The minimum Gasteiger partial charge on any atom is -0.463 e. The molecule has 0 aromatic rings. The summed E-state index contributed by atoms with van der Waals surface area (Å²) in [6.07, 6.45) is 48.2. The van der Waals surface area contributed by atoms with Crippen LogP contribution in [0.25, 0.3) is 0 Å². The summed E-state index contributed by atoms with van der Waals surface area (Å²) in [5.74, 6) is -0.568. The number of ether oxygens (including phenoxy) is 1. The van der Waals surface area contributed by atoms with Crippen molar-refractivity contribution in [2.75, 3.05) is 26.4 Å². The smallest absolute Gasteiger partial charge is 0.463 e. The highest BCUT2D eigenvalue weighted by Crippen LogP contribution is 2.42. The highest BCUT2D eigenvalue weighted by atomic mass is 31.2. The molecule has 0 saturated heterocycles. The Balaban J connectivity index is 3.71. The second-order valence-electron chi connectivity index (χ2n) is 13.6. The molecule has 3 N–H and O–H groups in total. The van der Waals surface area contributed by atoms with Gasteiger partial charge in [0, 0.05) is 19.4 Å². The van der Waals surface area contributed by atoms with Crippen LogP contribution < -0.4 is 5.32 Å². The highest BCUT2D eigenvalue weighted by molar-refractivity contribution is 7.47. The molecule has 0 aliphatic carbocycles. The minimum atomic E-state index is -4.43. The topological polar surface area (TPSA) is 131 Å². The largest absolute Gasteiger partial charge is 0.472 e. The molecule has 0 saturated carbocycles. The third-order valence-corrected chi connectivity index (χ3v) is 9.34. The van der Waals surface area contributed by atoms with Crippen LogP contribution in [0.15, 0.2) is 72.9 Å². The van der Waals surface area contributed by atoms with Crippen molar-refractivity contribution in [1.29, 1.82) is 0 Å². The lowest BCUT2D eigenvalue weighted by Gasteiger charge is -2.15. The molecule has 2 atom stereocenters. The molecule has 0 aromatic heterocycles. The molecule has 2 unspecified atom stereocenters. The van der Waals surface area contributed by atoms with Crippen molar-refractivity contribution in [2.24, 2.45) is 0 Å². The van der Waals surface area contributed by atoms with Crippen molar-refractivity contribution in [3.05, 3.63) is 72.9 Å². The molecule has 0 rings (SSSR count). The molecule has 9 nitrogen and oxygen atoms in total. The lowest BCUT2D eigenvalue weighted by Crippen LogP contribution is -2.27. The van der Waals surface area contributed by atoms with E-state index >= 15 is 0 Å². The highest BCUT2D eigenvalue weighted by Gasteiger charge is 2.23. The van der Waals surface area contributed by atoms with Gasteiger partial charge in [-0.1, -0.05) is 138 Å². The van der Waals surface area contributed by atoms with Crippen LogP contribution in [0.4, 0.5) is 0 Å². The van der Waals surface area contributed by atoms with Gasteiger partial charge in [0.1, 0.15) is 12.7 Å². The maximum Gasteiger partial charge on any atom is 0.472 e. The zero-order chi connectivity index (χ0) is 39.6. The standard InChI is InChI=1S/C44H76NO8P/c1-3-5-7-9-11-13-15-17-19-20-21-22-23-25-27-29-31-33-35-37-44(48)51-40-42(46)41-53-54(49,50)52-39-38-45-43(47)36-34-32-30-28-26-24-18-16-14-12-10-8-6-4-2/h10-13,16-19,21-22,25,27,42,46H,3-9,14-15,20,23-24,26,28-41H2,1-2H3,(H,45,47)(H,49,50)/b12-10-,13-11-,18-16-,19-17-,22-21-,27-25-. The first-order valence-corrected chi connectivity index (χ1v) is 22.4. The molecule has 0 bridgehead atoms. The molecular formula is C44H76NO8P. The van der Waals surface area contributed by atoms with E-state index in [1.54, 1.807) is 0 Å². The number of allylic oxidation sites excluding steroid dienone is 12. The average molecular weight is 778 g/mol. The predicted molar refractivity (Wildman–Crippen MR) is 224 cm³/mol.